The number of hydrogen-bond donors (Lipinski definition) is 1. The van der Waals surface area contributed by atoms with Gasteiger partial charge in [0, 0.05) is 12.6 Å². The molecule has 0 fully saturated rings. The molecule has 2 nitrogen and oxygen atoms in total. The smallest absolute Gasteiger partial charge is 0.372 e. The lowest BCUT2D eigenvalue weighted by molar-refractivity contribution is -0.174. The molecule has 0 amide bonds. The SMILES string of the molecule is CCCC(C)CC(CCOCC(F)(F)F)NC. The van der Waals surface area contributed by atoms with E-state index in [0.29, 0.717) is 12.3 Å². The number of hydrogen-bond acceptors (Lipinski definition) is 2. The summed E-state index contributed by atoms with van der Waals surface area (Å²) in [6, 6.07) is 0.241. The molecule has 104 valence electrons. The molecule has 0 aliphatic carbocycles. The van der Waals surface area contributed by atoms with E-state index in [1.165, 1.54) is 0 Å². The second kappa shape index (κ2) is 8.75. The molecule has 2 atom stereocenters. The van der Waals surface area contributed by atoms with Crippen molar-refractivity contribution in [2.75, 3.05) is 20.3 Å². The first-order chi connectivity index (χ1) is 7.89. The molecule has 0 aromatic rings. The van der Waals surface area contributed by atoms with E-state index in [0.717, 1.165) is 19.3 Å². The van der Waals surface area contributed by atoms with Crippen LogP contribution in [0.15, 0.2) is 0 Å². The van der Waals surface area contributed by atoms with Crippen LogP contribution in [0.2, 0.25) is 0 Å². The van der Waals surface area contributed by atoms with Gasteiger partial charge < -0.3 is 10.1 Å². The van der Waals surface area contributed by atoms with Gasteiger partial charge in [-0.3, -0.25) is 0 Å². The van der Waals surface area contributed by atoms with Gasteiger partial charge >= 0.3 is 6.18 Å². The predicted molar refractivity (Wildman–Crippen MR) is 63.0 cm³/mol. The van der Waals surface area contributed by atoms with E-state index >= 15 is 0 Å². The predicted octanol–water partition coefficient (Wildman–Crippen LogP) is 3.37. The number of nitrogens with one attached hydrogen (secondary N) is 1. The number of ether oxygens (including phenoxy) is 1. The average Bonchev–Trinajstić information content (AvgIpc) is 2.21. The summed E-state index contributed by atoms with van der Waals surface area (Å²) in [5, 5.41) is 3.13. The van der Waals surface area contributed by atoms with Crippen LogP contribution in [0.3, 0.4) is 0 Å². The van der Waals surface area contributed by atoms with Crippen molar-refractivity contribution < 1.29 is 17.9 Å². The van der Waals surface area contributed by atoms with Gasteiger partial charge in [0.1, 0.15) is 6.61 Å². The lowest BCUT2D eigenvalue weighted by atomic mass is 9.96. The normalized spacial score (nSPS) is 15.9. The molecule has 0 rings (SSSR count). The van der Waals surface area contributed by atoms with Crippen molar-refractivity contribution in [2.45, 2.75) is 51.7 Å². The van der Waals surface area contributed by atoms with Crippen molar-refractivity contribution in [2.24, 2.45) is 5.92 Å². The van der Waals surface area contributed by atoms with E-state index in [9.17, 15) is 13.2 Å². The van der Waals surface area contributed by atoms with Crippen molar-refractivity contribution >= 4 is 0 Å². The first-order valence-corrected chi connectivity index (χ1v) is 6.20. The van der Waals surface area contributed by atoms with Crippen molar-refractivity contribution in [1.29, 1.82) is 0 Å². The maximum Gasteiger partial charge on any atom is 0.411 e. The van der Waals surface area contributed by atoms with E-state index < -0.39 is 12.8 Å². The number of alkyl halides is 3. The maximum atomic E-state index is 11.8. The molecule has 0 bridgehead atoms. The number of halogens is 3. The minimum absolute atomic E-state index is 0.157. The first-order valence-electron chi connectivity index (χ1n) is 6.20. The third kappa shape index (κ3) is 10.6. The Morgan fingerprint density at radius 1 is 1.24 bits per heavy atom. The summed E-state index contributed by atoms with van der Waals surface area (Å²) in [5.74, 6) is 0.597. The Morgan fingerprint density at radius 2 is 1.88 bits per heavy atom. The van der Waals surface area contributed by atoms with Gasteiger partial charge in [-0.25, -0.2) is 0 Å². The summed E-state index contributed by atoms with van der Waals surface area (Å²) in [7, 11) is 1.84. The minimum atomic E-state index is -4.22. The van der Waals surface area contributed by atoms with E-state index in [4.69, 9.17) is 0 Å². The van der Waals surface area contributed by atoms with E-state index in [1.807, 2.05) is 7.05 Å². The second-order valence-electron chi connectivity index (χ2n) is 4.57. The highest BCUT2D eigenvalue weighted by Crippen LogP contribution is 2.16. The summed E-state index contributed by atoms with van der Waals surface area (Å²) >= 11 is 0. The molecule has 17 heavy (non-hydrogen) atoms. The van der Waals surface area contributed by atoms with Crippen LogP contribution in [0.25, 0.3) is 0 Å². The Labute approximate surface area is 102 Å². The third-order valence-corrected chi connectivity index (χ3v) is 2.75. The van der Waals surface area contributed by atoms with Crippen molar-refractivity contribution in [3.8, 4) is 0 Å². The van der Waals surface area contributed by atoms with Gasteiger partial charge in [0.15, 0.2) is 0 Å². The number of rotatable bonds is 9. The molecule has 1 N–H and O–H groups in total. The molecule has 0 aromatic carbocycles. The molecule has 0 aromatic heterocycles. The summed E-state index contributed by atoms with van der Waals surface area (Å²) in [5.41, 5.74) is 0. The fourth-order valence-electron chi connectivity index (χ4n) is 1.89. The zero-order valence-corrected chi connectivity index (χ0v) is 10.9. The Hall–Kier alpha value is -0.290. The highest BCUT2D eigenvalue weighted by molar-refractivity contribution is 4.68. The first kappa shape index (κ1) is 16.7. The monoisotopic (exact) mass is 255 g/mol. The molecular formula is C12H24F3NO. The van der Waals surface area contributed by atoms with Crippen LogP contribution in [0.1, 0.15) is 39.5 Å². The summed E-state index contributed by atoms with van der Waals surface area (Å²) in [6.45, 7) is 3.32. The molecule has 0 heterocycles. The third-order valence-electron chi connectivity index (χ3n) is 2.75. The zero-order chi connectivity index (χ0) is 13.3. The van der Waals surface area contributed by atoms with Gasteiger partial charge in [-0.2, -0.15) is 13.2 Å². The molecule has 0 radical (unpaired) electrons. The van der Waals surface area contributed by atoms with Crippen LogP contribution < -0.4 is 5.32 Å². The largest absolute Gasteiger partial charge is 0.411 e. The molecule has 0 aliphatic rings. The van der Waals surface area contributed by atoms with Crippen LogP contribution in [-0.4, -0.2) is 32.5 Å². The van der Waals surface area contributed by atoms with Crippen LogP contribution in [0.5, 0.6) is 0 Å². The van der Waals surface area contributed by atoms with Gasteiger partial charge in [-0.15, -0.1) is 0 Å². The van der Waals surface area contributed by atoms with Gasteiger partial charge in [0.2, 0.25) is 0 Å². The van der Waals surface area contributed by atoms with Crippen LogP contribution in [-0.2, 0) is 4.74 Å². The van der Waals surface area contributed by atoms with Crippen LogP contribution in [0, 0.1) is 5.92 Å². The summed E-state index contributed by atoms with van der Waals surface area (Å²) in [6.07, 6.45) is -0.311. The summed E-state index contributed by atoms with van der Waals surface area (Å²) < 4.78 is 40.1. The van der Waals surface area contributed by atoms with Crippen molar-refractivity contribution in [1.82, 2.24) is 5.32 Å². The standard InChI is InChI=1S/C12H24F3NO/c1-4-5-10(2)8-11(16-3)6-7-17-9-12(13,14)15/h10-11,16H,4-9H2,1-3H3. The van der Waals surface area contributed by atoms with Crippen molar-refractivity contribution in [3.05, 3.63) is 0 Å². The Morgan fingerprint density at radius 3 is 2.35 bits per heavy atom. The topological polar surface area (TPSA) is 21.3 Å². The lowest BCUT2D eigenvalue weighted by Gasteiger charge is -2.20. The van der Waals surface area contributed by atoms with Gasteiger partial charge in [-0.1, -0.05) is 26.7 Å². The van der Waals surface area contributed by atoms with Gasteiger partial charge in [0.25, 0.3) is 0 Å². The maximum absolute atomic E-state index is 11.8. The van der Waals surface area contributed by atoms with E-state index in [-0.39, 0.29) is 12.6 Å². The Kier molecular flexibility index (Phi) is 8.60. The Bertz CT molecular complexity index is 185. The molecule has 0 spiro atoms. The van der Waals surface area contributed by atoms with E-state index in [1.54, 1.807) is 0 Å². The summed E-state index contributed by atoms with van der Waals surface area (Å²) in [4.78, 5) is 0. The fraction of sp³-hybridized carbons (Fsp3) is 1.00. The minimum Gasteiger partial charge on any atom is -0.372 e. The van der Waals surface area contributed by atoms with Crippen LogP contribution >= 0.6 is 0 Å². The van der Waals surface area contributed by atoms with Gasteiger partial charge in [-0.05, 0) is 25.8 Å². The fourth-order valence-corrected chi connectivity index (χ4v) is 1.89. The second-order valence-corrected chi connectivity index (χ2v) is 4.57. The Balaban J connectivity index is 3.68. The molecule has 5 heteroatoms. The average molecular weight is 255 g/mol. The van der Waals surface area contributed by atoms with Crippen LogP contribution in [0.4, 0.5) is 13.2 Å². The van der Waals surface area contributed by atoms with Crippen molar-refractivity contribution in [3.63, 3.8) is 0 Å². The molecule has 0 saturated heterocycles. The van der Waals surface area contributed by atoms with Gasteiger partial charge in [0.05, 0.1) is 0 Å². The molecule has 0 aliphatic heterocycles. The molecule has 2 unspecified atom stereocenters. The highest BCUT2D eigenvalue weighted by Gasteiger charge is 2.27. The lowest BCUT2D eigenvalue weighted by Crippen LogP contribution is -2.29. The molecular weight excluding hydrogens is 231 g/mol. The van der Waals surface area contributed by atoms with E-state index in [2.05, 4.69) is 23.9 Å². The molecule has 0 saturated carbocycles. The zero-order valence-electron chi connectivity index (χ0n) is 10.9. The highest BCUT2D eigenvalue weighted by atomic mass is 19.4. The quantitative estimate of drug-likeness (QED) is 0.638.